The number of para-hydroxylation sites is 2. The third-order valence-corrected chi connectivity index (χ3v) is 5.36. The molecule has 0 spiro atoms. The van der Waals surface area contributed by atoms with Crippen LogP contribution in [-0.2, 0) is 17.9 Å². The Morgan fingerprint density at radius 3 is 2.63 bits per heavy atom. The normalized spacial score (nSPS) is 10.6. The van der Waals surface area contributed by atoms with Crippen molar-refractivity contribution < 1.29 is 9.53 Å². The lowest BCUT2D eigenvalue weighted by Crippen LogP contribution is -2.15. The van der Waals surface area contributed by atoms with Crippen LogP contribution in [0, 0.1) is 0 Å². The van der Waals surface area contributed by atoms with Gasteiger partial charge in [0.25, 0.3) is 0 Å². The lowest BCUT2D eigenvalue weighted by molar-refractivity contribution is -0.113. The minimum atomic E-state index is -0.0976. The monoisotopic (exact) mass is 446 g/mol. The van der Waals surface area contributed by atoms with Crippen LogP contribution in [0.2, 0.25) is 0 Å². The molecule has 1 amide bonds. The predicted octanol–water partition coefficient (Wildman–Crippen LogP) is 4.37. The molecule has 3 rings (SSSR count). The van der Waals surface area contributed by atoms with Gasteiger partial charge in [-0.3, -0.25) is 4.79 Å². The molecule has 0 saturated carbocycles. The van der Waals surface area contributed by atoms with Gasteiger partial charge >= 0.3 is 0 Å². The van der Waals surface area contributed by atoms with E-state index in [4.69, 9.17) is 4.74 Å². The number of hydrogen-bond acceptors (Lipinski definition) is 5. The SMILES string of the molecule is CCn1c(COc2ccccc2)nnc1SCC(=O)Nc1ccccc1Br. The zero-order valence-corrected chi connectivity index (χ0v) is 17.2. The number of anilines is 1. The van der Waals surface area contributed by atoms with E-state index in [0.29, 0.717) is 18.3 Å². The van der Waals surface area contributed by atoms with Crippen molar-refractivity contribution in [1.29, 1.82) is 0 Å². The van der Waals surface area contributed by atoms with E-state index in [9.17, 15) is 4.79 Å². The van der Waals surface area contributed by atoms with E-state index in [1.54, 1.807) is 0 Å². The van der Waals surface area contributed by atoms with E-state index in [1.807, 2.05) is 66.1 Å². The molecule has 3 aromatic rings. The quantitative estimate of drug-likeness (QED) is 0.520. The van der Waals surface area contributed by atoms with Gasteiger partial charge in [-0.2, -0.15) is 0 Å². The van der Waals surface area contributed by atoms with Gasteiger partial charge in [0.05, 0.1) is 11.4 Å². The molecule has 0 bridgehead atoms. The fraction of sp³-hybridized carbons (Fsp3) is 0.211. The standard InChI is InChI=1S/C19H19BrN4O2S/c1-2-24-17(12-26-14-8-4-3-5-9-14)22-23-19(24)27-13-18(25)21-16-11-7-6-10-15(16)20/h3-11H,2,12-13H2,1H3,(H,21,25). The first-order valence-electron chi connectivity index (χ1n) is 8.44. The zero-order chi connectivity index (χ0) is 19.1. The van der Waals surface area contributed by atoms with Crippen LogP contribution in [0.3, 0.4) is 0 Å². The first kappa shape index (κ1) is 19.4. The van der Waals surface area contributed by atoms with E-state index in [0.717, 1.165) is 21.7 Å². The summed E-state index contributed by atoms with van der Waals surface area (Å²) in [5, 5.41) is 12.0. The largest absolute Gasteiger partial charge is 0.486 e. The van der Waals surface area contributed by atoms with Gasteiger partial charge in [-0.15, -0.1) is 10.2 Å². The van der Waals surface area contributed by atoms with Crippen molar-refractivity contribution >= 4 is 39.3 Å². The highest BCUT2D eigenvalue weighted by Gasteiger charge is 2.14. The van der Waals surface area contributed by atoms with Crippen LogP contribution < -0.4 is 10.1 Å². The second-order valence-electron chi connectivity index (χ2n) is 5.56. The van der Waals surface area contributed by atoms with E-state index in [1.165, 1.54) is 11.8 Å². The van der Waals surface area contributed by atoms with Crippen LogP contribution in [0.25, 0.3) is 0 Å². The maximum Gasteiger partial charge on any atom is 0.234 e. The lowest BCUT2D eigenvalue weighted by atomic mass is 10.3. The van der Waals surface area contributed by atoms with Crippen molar-refractivity contribution in [2.24, 2.45) is 0 Å². The van der Waals surface area contributed by atoms with Crippen LogP contribution in [0.1, 0.15) is 12.7 Å². The third kappa shape index (κ3) is 5.33. The Labute approximate surface area is 170 Å². The van der Waals surface area contributed by atoms with E-state index >= 15 is 0 Å². The summed E-state index contributed by atoms with van der Waals surface area (Å²) in [5.74, 6) is 1.67. The number of nitrogens with zero attached hydrogens (tertiary/aromatic N) is 3. The zero-order valence-electron chi connectivity index (χ0n) is 14.8. The molecule has 8 heteroatoms. The Hall–Kier alpha value is -2.32. The average Bonchev–Trinajstić information content (AvgIpc) is 3.09. The molecule has 1 heterocycles. The molecule has 0 radical (unpaired) electrons. The summed E-state index contributed by atoms with van der Waals surface area (Å²) in [6.07, 6.45) is 0. The summed E-state index contributed by atoms with van der Waals surface area (Å²) in [6, 6.07) is 17.1. The number of thioether (sulfide) groups is 1. The first-order valence-corrected chi connectivity index (χ1v) is 10.2. The summed E-state index contributed by atoms with van der Waals surface area (Å²) in [4.78, 5) is 12.2. The smallest absolute Gasteiger partial charge is 0.234 e. The molecule has 0 fully saturated rings. The van der Waals surface area contributed by atoms with Gasteiger partial charge in [0.15, 0.2) is 11.0 Å². The molecule has 0 unspecified atom stereocenters. The van der Waals surface area contributed by atoms with Crippen molar-refractivity contribution in [1.82, 2.24) is 14.8 Å². The number of carbonyl (C=O) groups is 1. The molecule has 0 aliphatic rings. The third-order valence-electron chi connectivity index (χ3n) is 3.70. The molecule has 1 N–H and O–H groups in total. The molecule has 0 atom stereocenters. The second kappa shape index (κ2) is 9.57. The molecule has 140 valence electrons. The van der Waals surface area contributed by atoms with Crippen LogP contribution in [0.15, 0.2) is 64.2 Å². The number of ether oxygens (including phenoxy) is 1. The predicted molar refractivity (Wildman–Crippen MR) is 110 cm³/mol. The molecule has 1 aromatic heterocycles. The summed E-state index contributed by atoms with van der Waals surface area (Å²) < 4.78 is 8.55. The molecular formula is C19H19BrN4O2S. The first-order chi connectivity index (χ1) is 13.2. The molecule has 0 aliphatic heterocycles. The highest BCUT2D eigenvalue weighted by Crippen LogP contribution is 2.23. The number of carbonyl (C=O) groups excluding carboxylic acids is 1. The summed E-state index contributed by atoms with van der Waals surface area (Å²) in [5.41, 5.74) is 0.747. The maximum atomic E-state index is 12.2. The van der Waals surface area contributed by atoms with E-state index in [-0.39, 0.29) is 11.7 Å². The average molecular weight is 447 g/mol. The molecule has 2 aromatic carbocycles. The van der Waals surface area contributed by atoms with Gasteiger partial charge in [0, 0.05) is 11.0 Å². The minimum absolute atomic E-state index is 0.0976. The fourth-order valence-corrected chi connectivity index (χ4v) is 3.60. The topological polar surface area (TPSA) is 69.0 Å². The van der Waals surface area contributed by atoms with Gasteiger partial charge in [0.1, 0.15) is 12.4 Å². The molecular weight excluding hydrogens is 428 g/mol. The highest BCUT2D eigenvalue weighted by molar-refractivity contribution is 9.10. The number of rotatable bonds is 8. The van der Waals surface area contributed by atoms with Crippen molar-refractivity contribution in [2.45, 2.75) is 25.2 Å². The summed E-state index contributed by atoms with van der Waals surface area (Å²) in [7, 11) is 0. The van der Waals surface area contributed by atoms with E-state index in [2.05, 4.69) is 31.4 Å². The van der Waals surface area contributed by atoms with Gasteiger partial charge in [-0.1, -0.05) is 42.1 Å². The van der Waals surface area contributed by atoms with Gasteiger partial charge in [0.2, 0.25) is 5.91 Å². The Kier molecular flexibility index (Phi) is 6.89. The van der Waals surface area contributed by atoms with Crippen LogP contribution in [-0.4, -0.2) is 26.4 Å². The Morgan fingerprint density at radius 2 is 1.89 bits per heavy atom. The molecule has 27 heavy (non-hydrogen) atoms. The van der Waals surface area contributed by atoms with Crippen molar-refractivity contribution in [3.8, 4) is 5.75 Å². The minimum Gasteiger partial charge on any atom is -0.486 e. The second-order valence-corrected chi connectivity index (χ2v) is 7.36. The van der Waals surface area contributed by atoms with E-state index < -0.39 is 0 Å². The van der Waals surface area contributed by atoms with Crippen molar-refractivity contribution in [3.05, 3.63) is 64.9 Å². The molecule has 0 aliphatic carbocycles. The Morgan fingerprint density at radius 1 is 1.15 bits per heavy atom. The van der Waals surface area contributed by atoms with Crippen molar-refractivity contribution in [3.63, 3.8) is 0 Å². The van der Waals surface area contributed by atoms with Crippen LogP contribution in [0.5, 0.6) is 5.75 Å². The summed E-state index contributed by atoms with van der Waals surface area (Å²) in [6.45, 7) is 3.05. The fourth-order valence-electron chi connectivity index (χ4n) is 2.39. The van der Waals surface area contributed by atoms with Crippen molar-refractivity contribution in [2.75, 3.05) is 11.1 Å². The van der Waals surface area contributed by atoms with Gasteiger partial charge in [-0.25, -0.2) is 0 Å². The Balaban J connectivity index is 1.58. The summed E-state index contributed by atoms with van der Waals surface area (Å²) >= 11 is 4.78. The lowest BCUT2D eigenvalue weighted by Gasteiger charge is -2.09. The van der Waals surface area contributed by atoms with Gasteiger partial charge in [-0.05, 0) is 47.1 Å². The number of benzene rings is 2. The highest BCUT2D eigenvalue weighted by atomic mass is 79.9. The number of halogens is 1. The Bertz CT molecular complexity index is 902. The number of aromatic nitrogens is 3. The number of hydrogen-bond donors (Lipinski definition) is 1. The molecule has 0 saturated heterocycles. The maximum absolute atomic E-state index is 12.2. The molecule has 6 nitrogen and oxygen atoms in total. The number of amides is 1. The van der Waals surface area contributed by atoms with Crippen LogP contribution in [0.4, 0.5) is 5.69 Å². The van der Waals surface area contributed by atoms with Gasteiger partial charge < -0.3 is 14.6 Å². The number of nitrogens with one attached hydrogen (secondary N) is 1. The van der Waals surface area contributed by atoms with Crippen LogP contribution >= 0.6 is 27.7 Å².